The first-order valence-electron chi connectivity index (χ1n) is 2.95. The molecule has 0 aromatic heterocycles. The number of alkyl halides is 2. The van der Waals surface area contributed by atoms with Gasteiger partial charge in [0.1, 0.15) is 0 Å². The first-order chi connectivity index (χ1) is 4.63. The number of hydrogen-bond acceptors (Lipinski definition) is 2. The van der Waals surface area contributed by atoms with Gasteiger partial charge in [-0.3, -0.25) is 0 Å². The molecule has 1 aliphatic rings. The van der Waals surface area contributed by atoms with Crippen molar-refractivity contribution in [2.75, 3.05) is 0 Å². The van der Waals surface area contributed by atoms with Crippen molar-refractivity contribution in [2.24, 2.45) is 0 Å². The maximum Gasteiger partial charge on any atom is 0.0892 e. The van der Waals surface area contributed by atoms with Gasteiger partial charge in [-0.1, -0.05) is 28.1 Å². The largest absolute Gasteiger partial charge is 0.390 e. The Bertz CT molecular complexity index is 135. The van der Waals surface area contributed by atoms with Gasteiger partial charge in [0.2, 0.25) is 0 Å². The van der Waals surface area contributed by atoms with E-state index in [1.54, 1.807) is 12.2 Å². The predicted octanol–water partition coefficient (Wildman–Crippen LogP) is 0.649. The highest BCUT2D eigenvalue weighted by Crippen LogP contribution is 2.23. The number of hydrogen-bond donors (Lipinski definition) is 2. The summed E-state index contributed by atoms with van der Waals surface area (Å²) in [5.41, 5.74) is 0. The third-order valence-corrected chi connectivity index (χ3v) is 2.96. The maximum atomic E-state index is 9.23. The van der Waals surface area contributed by atoms with Crippen LogP contribution in [0.5, 0.6) is 0 Å². The second-order valence-corrected chi connectivity index (χ2v) is 3.82. The fourth-order valence-electron chi connectivity index (χ4n) is 0.818. The van der Waals surface area contributed by atoms with Crippen molar-refractivity contribution in [3.05, 3.63) is 12.2 Å². The van der Waals surface area contributed by atoms with Gasteiger partial charge in [-0.15, -0.1) is 11.6 Å². The molecular weight excluding hydrogens is 219 g/mol. The summed E-state index contributed by atoms with van der Waals surface area (Å²) < 4.78 is 0. The van der Waals surface area contributed by atoms with Gasteiger partial charge in [0.05, 0.1) is 22.4 Å². The number of aliphatic hydroxyl groups is 2. The Morgan fingerprint density at radius 3 is 2.40 bits per heavy atom. The molecule has 0 heterocycles. The van der Waals surface area contributed by atoms with Gasteiger partial charge in [0.15, 0.2) is 0 Å². The summed E-state index contributed by atoms with van der Waals surface area (Å²) in [6.07, 6.45) is 1.82. The monoisotopic (exact) mass is 226 g/mol. The van der Waals surface area contributed by atoms with E-state index in [1.165, 1.54) is 0 Å². The highest BCUT2D eigenvalue weighted by molar-refractivity contribution is 9.09. The minimum absolute atomic E-state index is 0.347. The lowest BCUT2D eigenvalue weighted by molar-refractivity contribution is 0.110. The number of rotatable bonds is 0. The van der Waals surface area contributed by atoms with Gasteiger partial charge >= 0.3 is 0 Å². The van der Waals surface area contributed by atoms with Crippen LogP contribution in [0.1, 0.15) is 0 Å². The van der Waals surface area contributed by atoms with Crippen LogP contribution in [0, 0.1) is 0 Å². The van der Waals surface area contributed by atoms with Crippen molar-refractivity contribution in [1.82, 2.24) is 0 Å². The van der Waals surface area contributed by atoms with Gasteiger partial charge in [0, 0.05) is 0 Å². The Kier molecular flexibility index (Phi) is 2.74. The average molecular weight is 227 g/mol. The summed E-state index contributed by atoms with van der Waals surface area (Å²) in [7, 11) is 0. The Morgan fingerprint density at radius 2 is 1.90 bits per heavy atom. The highest BCUT2D eigenvalue weighted by atomic mass is 79.9. The molecular formula is C6H8BrClO2. The number of halogens is 2. The van der Waals surface area contributed by atoms with Gasteiger partial charge in [0.25, 0.3) is 0 Å². The van der Waals surface area contributed by atoms with Crippen LogP contribution in [0.15, 0.2) is 12.2 Å². The fraction of sp³-hybridized carbons (Fsp3) is 0.667. The lowest BCUT2D eigenvalue weighted by Gasteiger charge is -2.26. The number of aliphatic hydroxyl groups excluding tert-OH is 2. The zero-order valence-electron chi connectivity index (χ0n) is 5.11. The van der Waals surface area contributed by atoms with Crippen LogP contribution >= 0.6 is 27.5 Å². The van der Waals surface area contributed by atoms with Crippen LogP contribution in [0.25, 0.3) is 0 Å². The molecule has 0 unspecified atom stereocenters. The molecule has 0 saturated heterocycles. The molecule has 2 N–H and O–H groups in total. The quantitative estimate of drug-likeness (QED) is 0.471. The molecule has 58 valence electrons. The molecule has 2 nitrogen and oxygen atoms in total. The molecule has 0 aromatic carbocycles. The van der Waals surface area contributed by atoms with Crippen molar-refractivity contribution in [2.45, 2.75) is 22.4 Å². The van der Waals surface area contributed by atoms with E-state index >= 15 is 0 Å². The topological polar surface area (TPSA) is 40.5 Å². The zero-order valence-corrected chi connectivity index (χ0v) is 7.46. The lowest BCUT2D eigenvalue weighted by atomic mass is 10.0. The van der Waals surface area contributed by atoms with E-state index < -0.39 is 17.6 Å². The van der Waals surface area contributed by atoms with Crippen LogP contribution in [-0.2, 0) is 0 Å². The Morgan fingerprint density at radius 1 is 1.30 bits per heavy atom. The molecule has 10 heavy (non-hydrogen) atoms. The molecule has 4 heteroatoms. The van der Waals surface area contributed by atoms with Gasteiger partial charge in [-0.2, -0.15) is 0 Å². The molecule has 0 bridgehead atoms. The normalized spacial score (nSPS) is 47.6. The van der Waals surface area contributed by atoms with E-state index in [9.17, 15) is 5.11 Å². The molecule has 0 aliphatic heterocycles. The molecule has 4 atom stereocenters. The third kappa shape index (κ3) is 1.53. The Labute approximate surface area is 72.6 Å². The van der Waals surface area contributed by atoms with Crippen molar-refractivity contribution >= 4 is 27.5 Å². The fourth-order valence-corrected chi connectivity index (χ4v) is 1.74. The first-order valence-corrected chi connectivity index (χ1v) is 4.30. The smallest absolute Gasteiger partial charge is 0.0892 e. The van der Waals surface area contributed by atoms with Gasteiger partial charge in [-0.05, 0) is 0 Å². The molecule has 0 radical (unpaired) electrons. The Balaban J connectivity index is 2.69. The summed E-state index contributed by atoms with van der Waals surface area (Å²) in [6, 6.07) is 0. The summed E-state index contributed by atoms with van der Waals surface area (Å²) >= 11 is 8.77. The van der Waals surface area contributed by atoms with Crippen LogP contribution in [0.2, 0.25) is 0 Å². The van der Waals surface area contributed by atoms with Gasteiger partial charge in [-0.25, -0.2) is 0 Å². The van der Waals surface area contributed by atoms with Crippen molar-refractivity contribution in [3.8, 4) is 0 Å². The highest BCUT2D eigenvalue weighted by Gasteiger charge is 2.30. The molecule has 0 fully saturated rings. The molecule has 0 amide bonds. The van der Waals surface area contributed by atoms with E-state index in [1.807, 2.05) is 0 Å². The molecule has 0 spiro atoms. The second kappa shape index (κ2) is 3.22. The Hall–Kier alpha value is 0.430. The maximum absolute atomic E-state index is 9.23. The molecule has 1 rings (SSSR count). The second-order valence-electron chi connectivity index (χ2n) is 2.25. The zero-order chi connectivity index (χ0) is 7.72. The van der Waals surface area contributed by atoms with E-state index in [0.717, 1.165) is 0 Å². The summed E-state index contributed by atoms with van der Waals surface area (Å²) in [4.78, 5) is -0.347. The van der Waals surface area contributed by atoms with E-state index in [4.69, 9.17) is 16.7 Å². The standard InChI is InChI=1S/C6H8BrClO2/c7-5-4(9)2-1-3(8)6(5)10/h1-6,9-10H/t3-,4+,5-,6+/m0/s1. The summed E-state index contributed by atoms with van der Waals surface area (Å²) in [5, 5.41) is 17.9. The van der Waals surface area contributed by atoms with Crippen molar-refractivity contribution < 1.29 is 10.2 Å². The minimum Gasteiger partial charge on any atom is -0.390 e. The predicted molar refractivity (Wildman–Crippen MR) is 43.5 cm³/mol. The third-order valence-electron chi connectivity index (χ3n) is 1.47. The molecule has 1 aliphatic carbocycles. The summed E-state index contributed by atoms with van der Waals surface area (Å²) in [6.45, 7) is 0. The first kappa shape index (κ1) is 8.53. The van der Waals surface area contributed by atoms with Crippen LogP contribution < -0.4 is 0 Å². The van der Waals surface area contributed by atoms with E-state index in [-0.39, 0.29) is 4.83 Å². The van der Waals surface area contributed by atoms with Crippen LogP contribution in [0.4, 0.5) is 0 Å². The minimum atomic E-state index is -0.707. The molecule has 0 saturated carbocycles. The van der Waals surface area contributed by atoms with E-state index in [0.29, 0.717) is 0 Å². The average Bonchev–Trinajstić information content (AvgIpc) is 1.93. The van der Waals surface area contributed by atoms with Crippen LogP contribution in [0.3, 0.4) is 0 Å². The van der Waals surface area contributed by atoms with E-state index in [2.05, 4.69) is 15.9 Å². The van der Waals surface area contributed by atoms with Gasteiger partial charge < -0.3 is 10.2 Å². The van der Waals surface area contributed by atoms with Crippen molar-refractivity contribution in [1.29, 1.82) is 0 Å². The van der Waals surface area contributed by atoms with Crippen molar-refractivity contribution in [3.63, 3.8) is 0 Å². The van der Waals surface area contributed by atoms with Crippen LogP contribution in [-0.4, -0.2) is 32.6 Å². The molecule has 0 aromatic rings. The lowest BCUT2D eigenvalue weighted by Crippen LogP contribution is -2.40. The SMILES string of the molecule is O[C@H]1[C@@H](Br)[C@H](O)C=C[C@@H]1Cl. The summed E-state index contributed by atoms with van der Waals surface area (Å²) in [5.74, 6) is 0.